The maximum absolute atomic E-state index is 10.7. The van der Waals surface area contributed by atoms with E-state index in [0.717, 1.165) is 0 Å². The first-order valence-electron chi connectivity index (χ1n) is 5.02. The van der Waals surface area contributed by atoms with Gasteiger partial charge in [-0.1, -0.05) is 29.7 Å². The van der Waals surface area contributed by atoms with Gasteiger partial charge in [-0.15, -0.1) is 0 Å². The predicted molar refractivity (Wildman–Crippen MR) is 69.6 cm³/mol. The van der Waals surface area contributed by atoms with Crippen LogP contribution in [0, 0.1) is 11.8 Å². The molecule has 0 atom stereocenters. The maximum atomic E-state index is 10.7. The van der Waals surface area contributed by atoms with Gasteiger partial charge in [0.25, 0.3) is 0 Å². The van der Waals surface area contributed by atoms with Crippen molar-refractivity contribution in [1.82, 2.24) is 0 Å². The smallest absolute Gasteiger partial charge is 0.186 e. The first-order chi connectivity index (χ1) is 8.19. The first-order valence-corrected chi connectivity index (χ1v) is 6.00. The Morgan fingerprint density at radius 2 is 1.88 bits per heavy atom. The summed E-state index contributed by atoms with van der Waals surface area (Å²) in [6, 6.07) is 5.49. The normalized spacial score (nSPS) is 9.12. The van der Waals surface area contributed by atoms with Gasteiger partial charge in [0.2, 0.25) is 0 Å². The van der Waals surface area contributed by atoms with Crippen LogP contribution in [0.4, 0.5) is 0 Å². The lowest BCUT2D eigenvalue weighted by atomic mass is 10.2. The van der Waals surface area contributed by atoms with Crippen molar-refractivity contribution in [3.63, 3.8) is 0 Å². The molecule has 0 N–H and O–H groups in total. The van der Waals surface area contributed by atoms with Gasteiger partial charge in [-0.3, -0.25) is 4.79 Å². The average molecular weight is 250 g/mol. The van der Waals surface area contributed by atoms with Crippen molar-refractivity contribution in [2.24, 2.45) is 0 Å². The highest BCUT2D eigenvalue weighted by Crippen LogP contribution is 2.26. The highest BCUT2D eigenvalue weighted by atomic mass is 32.2. The SMILES string of the molecule is COc1cccc(OC)c1C#CCSC(C)=O. The number of hydrogen-bond acceptors (Lipinski definition) is 4. The molecule has 0 amide bonds. The molecule has 0 bridgehead atoms. The van der Waals surface area contributed by atoms with Crippen LogP contribution in [0.5, 0.6) is 11.5 Å². The van der Waals surface area contributed by atoms with Gasteiger partial charge in [-0.2, -0.15) is 0 Å². The topological polar surface area (TPSA) is 35.5 Å². The van der Waals surface area contributed by atoms with Crippen LogP contribution in [0.3, 0.4) is 0 Å². The summed E-state index contributed by atoms with van der Waals surface area (Å²) in [5, 5.41) is 0.0614. The summed E-state index contributed by atoms with van der Waals surface area (Å²) in [6.45, 7) is 1.52. The van der Waals surface area contributed by atoms with Crippen molar-refractivity contribution in [3.8, 4) is 23.3 Å². The largest absolute Gasteiger partial charge is 0.495 e. The molecule has 0 unspecified atom stereocenters. The summed E-state index contributed by atoms with van der Waals surface area (Å²) >= 11 is 1.18. The highest BCUT2D eigenvalue weighted by Gasteiger charge is 2.06. The van der Waals surface area contributed by atoms with E-state index in [1.165, 1.54) is 18.7 Å². The van der Waals surface area contributed by atoms with Gasteiger partial charge in [0.1, 0.15) is 17.1 Å². The molecule has 0 aromatic heterocycles. The third kappa shape index (κ3) is 4.04. The molecule has 17 heavy (non-hydrogen) atoms. The number of ether oxygens (including phenoxy) is 2. The second-order valence-corrected chi connectivity index (χ2v) is 4.27. The number of carbonyl (C=O) groups excluding carboxylic acids is 1. The molecule has 90 valence electrons. The standard InChI is InChI=1S/C13H14O3S/c1-10(14)17-9-5-6-11-12(15-2)7-4-8-13(11)16-3/h4,7-8H,9H2,1-3H3. The van der Waals surface area contributed by atoms with E-state index in [4.69, 9.17) is 9.47 Å². The Hall–Kier alpha value is -1.60. The van der Waals surface area contributed by atoms with Crippen LogP contribution in [-0.2, 0) is 4.79 Å². The molecule has 0 heterocycles. The van der Waals surface area contributed by atoms with Crippen LogP contribution in [0.1, 0.15) is 12.5 Å². The first kappa shape index (κ1) is 13.5. The van der Waals surface area contributed by atoms with Gasteiger partial charge < -0.3 is 9.47 Å². The van der Waals surface area contributed by atoms with Crippen molar-refractivity contribution in [1.29, 1.82) is 0 Å². The maximum Gasteiger partial charge on any atom is 0.186 e. The van der Waals surface area contributed by atoms with Crippen LogP contribution < -0.4 is 9.47 Å². The van der Waals surface area contributed by atoms with E-state index in [0.29, 0.717) is 22.8 Å². The minimum atomic E-state index is 0.0614. The van der Waals surface area contributed by atoms with Gasteiger partial charge in [0.05, 0.1) is 20.0 Å². The Labute approximate surface area is 105 Å². The molecular formula is C13H14O3S. The molecule has 0 aliphatic heterocycles. The number of hydrogen-bond donors (Lipinski definition) is 0. The van der Waals surface area contributed by atoms with Crippen LogP contribution in [-0.4, -0.2) is 25.1 Å². The van der Waals surface area contributed by atoms with Crippen molar-refractivity contribution in [2.45, 2.75) is 6.92 Å². The number of thioether (sulfide) groups is 1. The Bertz CT molecular complexity index is 435. The summed E-state index contributed by atoms with van der Waals surface area (Å²) in [7, 11) is 3.18. The lowest BCUT2D eigenvalue weighted by molar-refractivity contribution is -0.109. The molecule has 0 spiro atoms. The summed E-state index contributed by atoms with van der Waals surface area (Å²) in [4.78, 5) is 10.7. The second kappa shape index (κ2) is 6.87. The van der Waals surface area contributed by atoms with Crippen molar-refractivity contribution in [3.05, 3.63) is 23.8 Å². The fourth-order valence-corrected chi connectivity index (χ4v) is 1.58. The number of methoxy groups -OCH3 is 2. The molecule has 1 aromatic carbocycles. The molecule has 0 saturated carbocycles. The van der Waals surface area contributed by atoms with Gasteiger partial charge >= 0.3 is 0 Å². The number of carbonyl (C=O) groups is 1. The fourth-order valence-electron chi connectivity index (χ4n) is 1.24. The Kier molecular flexibility index (Phi) is 5.44. The van der Waals surface area contributed by atoms with Crippen LogP contribution in [0.25, 0.3) is 0 Å². The quantitative estimate of drug-likeness (QED) is 0.771. The monoisotopic (exact) mass is 250 g/mol. The fraction of sp³-hybridized carbons (Fsp3) is 0.308. The zero-order valence-corrected chi connectivity index (χ0v) is 10.9. The molecule has 0 saturated heterocycles. The zero-order chi connectivity index (χ0) is 12.7. The van der Waals surface area contributed by atoms with E-state index < -0.39 is 0 Å². The molecular weight excluding hydrogens is 236 g/mol. The summed E-state index contributed by atoms with van der Waals surface area (Å²) in [5.74, 6) is 7.69. The molecule has 0 fully saturated rings. The van der Waals surface area contributed by atoms with Crippen molar-refractivity contribution < 1.29 is 14.3 Å². The van der Waals surface area contributed by atoms with E-state index in [-0.39, 0.29) is 5.12 Å². The van der Waals surface area contributed by atoms with Crippen LogP contribution >= 0.6 is 11.8 Å². The van der Waals surface area contributed by atoms with Gasteiger partial charge in [0.15, 0.2) is 5.12 Å². The summed E-state index contributed by atoms with van der Waals surface area (Å²) in [6.07, 6.45) is 0. The number of rotatable bonds is 3. The predicted octanol–water partition coefficient (Wildman–Crippen LogP) is 2.33. The number of benzene rings is 1. The van der Waals surface area contributed by atoms with E-state index >= 15 is 0 Å². The van der Waals surface area contributed by atoms with Crippen molar-refractivity contribution >= 4 is 16.9 Å². The average Bonchev–Trinajstić information content (AvgIpc) is 2.34. The Balaban J connectivity index is 2.91. The molecule has 0 aliphatic rings. The van der Waals surface area contributed by atoms with Gasteiger partial charge in [0, 0.05) is 6.92 Å². The second-order valence-electron chi connectivity index (χ2n) is 3.12. The van der Waals surface area contributed by atoms with E-state index in [2.05, 4.69) is 11.8 Å². The zero-order valence-electron chi connectivity index (χ0n) is 10.1. The minimum Gasteiger partial charge on any atom is -0.495 e. The highest BCUT2D eigenvalue weighted by molar-refractivity contribution is 8.13. The Morgan fingerprint density at radius 1 is 1.29 bits per heavy atom. The Morgan fingerprint density at radius 3 is 2.35 bits per heavy atom. The third-order valence-corrected chi connectivity index (χ3v) is 2.68. The van der Waals surface area contributed by atoms with E-state index in [9.17, 15) is 4.79 Å². The molecule has 3 nitrogen and oxygen atoms in total. The lowest BCUT2D eigenvalue weighted by Crippen LogP contribution is -1.93. The van der Waals surface area contributed by atoms with E-state index in [1.54, 1.807) is 14.2 Å². The molecule has 4 heteroatoms. The van der Waals surface area contributed by atoms with Gasteiger partial charge in [-0.25, -0.2) is 0 Å². The minimum absolute atomic E-state index is 0.0614. The third-order valence-electron chi connectivity index (χ3n) is 1.99. The van der Waals surface area contributed by atoms with Gasteiger partial charge in [-0.05, 0) is 12.1 Å². The summed E-state index contributed by atoms with van der Waals surface area (Å²) < 4.78 is 10.4. The molecule has 0 radical (unpaired) electrons. The van der Waals surface area contributed by atoms with Crippen LogP contribution in [0.2, 0.25) is 0 Å². The summed E-state index contributed by atoms with van der Waals surface area (Å²) in [5.41, 5.74) is 0.710. The molecule has 0 aliphatic carbocycles. The lowest BCUT2D eigenvalue weighted by Gasteiger charge is -2.07. The molecule has 1 rings (SSSR count). The molecule has 1 aromatic rings. The van der Waals surface area contributed by atoms with E-state index in [1.807, 2.05) is 18.2 Å². The van der Waals surface area contributed by atoms with Crippen LogP contribution in [0.15, 0.2) is 18.2 Å². The van der Waals surface area contributed by atoms with Crippen molar-refractivity contribution in [2.75, 3.05) is 20.0 Å².